The van der Waals surface area contributed by atoms with Crippen molar-refractivity contribution in [3.63, 3.8) is 0 Å². The standard InChI is InChI=1S/C23H26N6O2S2/c1-17-5-3-6-20(15-17)28-13-14-29(18(2)16-28)23(32)26-19-7-9-21(10-8-19)33(30,31)27-22-24-11-4-12-25-22/h3-12,15,18H,13-14,16H2,1-2H3,(H,26,32)(H,24,25,27). The molecular formula is C23H26N6O2S2. The molecule has 2 heterocycles. The Labute approximate surface area is 199 Å². The Morgan fingerprint density at radius 1 is 1.06 bits per heavy atom. The third-order valence-corrected chi connectivity index (χ3v) is 7.14. The fraction of sp³-hybridized carbons (Fsp3) is 0.261. The molecule has 4 rings (SSSR count). The van der Waals surface area contributed by atoms with Crippen molar-refractivity contribution in [3.05, 3.63) is 72.6 Å². The number of aryl methyl sites for hydroxylation is 1. The van der Waals surface area contributed by atoms with Gasteiger partial charge in [-0.3, -0.25) is 0 Å². The maximum absolute atomic E-state index is 12.5. The van der Waals surface area contributed by atoms with E-state index in [0.717, 1.165) is 25.3 Å². The van der Waals surface area contributed by atoms with Gasteiger partial charge < -0.3 is 15.1 Å². The van der Waals surface area contributed by atoms with Gasteiger partial charge in [-0.25, -0.2) is 23.1 Å². The molecule has 0 saturated carbocycles. The Balaban J connectivity index is 1.37. The number of hydrogen-bond donors (Lipinski definition) is 2. The molecule has 1 saturated heterocycles. The van der Waals surface area contributed by atoms with E-state index < -0.39 is 10.0 Å². The lowest BCUT2D eigenvalue weighted by atomic mass is 10.1. The molecule has 1 aromatic heterocycles. The van der Waals surface area contributed by atoms with Crippen molar-refractivity contribution in [1.82, 2.24) is 14.9 Å². The van der Waals surface area contributed by atoms with Crippen molar-refractivity contribution in [3.8, 4) is 0 Å². The van der Waals surface area contributed by atoms with Gasteiger partial charge in [-0.15, -0.1) is 0 Å². The van der Waals surface area contributed by atoms with Crippen LogP contribution in [0.15, 0.2) is 71.9 Å². The highest BCUT2D eigenvalue weighted by Crippen LogP contribution is 2.22. The van der Waals surface area contributed by atoms with Gasteiger partial charge in [0.2, 0.25) is 5.95 Å². The number of hydrogen-bond acceptors (Lipinski definition) is 6. The van der Waals surface area contributed by atoms with Crippen LogP contribution in [0.2, 0.25) is 0 Å². The summed E-state index contributed by atoms with van der Waals surface area (Å²) < 4.78 is 27.5. The van der Waals surface area contributed by atoms with E-state index in [1.807, 2.05) is 0 Å². The summed E-state index contributed by atoms with van der Waals surface area (Å²) in [6, 6.07) is 16.8. The molecule has 0 aliphatic carbocycles. The van der Waals surface area contributed by atoms with Crippen LogP contribution in [-0.4, -0.2) is 54.1 Å². The SMILES string of the molecule is Cc1cccc(N2CCN(C(=S)Nc3ccc(S(=O)(=O)Nc4ncccn4)cc3)C(C)C2)c1. The van der Waals surface area contributed by atoms with Crippen molar-refractivity contribution in [1.29, 1.82) is 0 Å². The zero-order chi connectivity index (χ0) is 23.4. The van der Waals surface area contributed by atoms with E-state index >= 15 is 0 Å². The van der Waals surface area contributed by atoms with E-state index in [2.05, 4.69) is 67.9 Å². The molecular weight excluding hydrogens is 456 g/mol. The Bertz CT molecular complexity index is 1220. The van der Waals surface area contributed by atoms with E-state index in [-0.39, 0.29) is 16.9 Å². The van der Waals surface area contributed by atoms with Crippen LogP contribution in [0.4, 0.5) is 17.3 Å². The van der Waals surface area contributed by atoms with Crippen molar-refractivity contribution < 1.29 is 8.42 Å². The third kappa shape index (κ3) is 5.58. The summed E-state index contributed by atoms with van der Waals surface area (Å²) in [6.07, 6.45) is 2.95. The van der Waals surface area contributed by atoms with Crippen LogP contribution in [0.5, 0.6) is 0 Å². The van der Waals surface area contributed by atoms with Gasteiger partial charge in [0.25, 0.3) is 10.0 Å². The quantitative estimate of drug-likeness (QED) is 0.534. The first-order chi connectivity index (χ1) is 15.8. The Morgan fingerprint density at radius 3 is 2.45 bits per heavy atom. The second-order valence-corrected chi connectivity index (χ2v) is 10.0. The second-order valence-electron chi connectivity index (χ2n) is 7.96. The first-order valence-corrected chi connectivity index (χ1v) is 12.5. The number of nitrogens with one attached hydrogen (secondary N) is 2. The lowest BCUT2D eigenvalue weighted by Gasteiger charge is -2.42. The minimum Gasteiger partial charge on any atom is -0.368 e. The van der Waals surface area contributed by atoms with Crippen LogP contribution >= 0.6 is 12.2 Å². The van der Waals surface area contributed by atoms with Crippen LogP contribution in [0, 0.1) is 6.92 Å². The number of rotatable bonds is 5. The average Bonchev–Trinajstić information content (AvgIpc) is 2.79. The summed E-state index contributed by atoms with van der Waals surface area (Å²) in [5, 5.41) is 3.86. The molecule has 33 heavy (non-hydrogen) atoms. The molecule has 3 aromatic rings. The van der Waals surface area contributed by atoms with Crippen LogP contribution in [-0.2, 0) is 10.0 Å². The van der Waals surface area contributed by atoms with Crippen LogP contribution in [0.3, 0.4) is 0 Å². The predicted octanol–water partition coefficient (Wildman–Crippen LogP) is 3.49. The molecule has 172 valence electrons. The Morgan fingerprint density at radius 2 is 1.79 bits per heavy atom. The molecule has 0 bridgehead atoms. The summed E-state index contributed by atoms with van der Waals surface area (Å²) in [4.78, 5) is 12.4. The van der Waals surface area contributed by atoms with Gasteiger partial charge in [0, 0.05) is 49.4 Å². The van der Waals surface area contributed by atoms with E-state index in [1.54, 1.807) is 18.2 Å². The predicted molar refractivity (Wildman–Crippen MR) is 135 cm³/mol. The lowest BCUT2D eigenvalue weighted by molar-refractivity contribution is 0.302. The third-order valence-electron chi connectivity index (χ3n) is 5.46. The number of benzene rings is 2. The molecule has 1 unspecified atom stereocenters. The fourth-order valence-electron chi connectivity index (χ4n) is 3.76. The topological polar surface area (TPSA) is 90.5 Å². The Hall–Kier alpha value is -3.24. The van der Waals surface area contributed by atoms with E-state index in [9.17, 15) is 8.42 Å². The van der Waals surface area contributed by atoms with Gasteiger partial charge in [-0.1, -0.05) is 12.1 Å². The summed E-state index contributed by atoms with van der Waals surface area (Å²) in [5.41, 5.74) is 3.20. The molecule has 0 spiro atoms. The number of piperazine rings is 1. The normalized spacial score (nSPS) is 16.4. The van der Waals surface area contributed by atoms with Crippen LogP contribution in [0.25, 0.3) is 0 Å². The summed E-state index contributed by atoms with van der Waals surface area (Å²) in [7, 11) is -3.77. The second kappa shape index (κ2) is 9.72. The first kappa shape index (κ1) is 22.9. The van der Waals surface area contributed by atoms with Crippen LogP contribution < -0.4 is 14.9 Å². The van der Waals surface area contributed by atoms with Gasteiger partial charge in [0.15, 0.2) is 5.11 Å². The van der Waals surface area contributed by atoms with Gasteiger partial charge in [0.05, 0.1) is 4.90 Å². The minimum atomic E-state index is -3.77. The van der Waals surface area contributed by atoms with Crippen molar-refractivity contribution in [2.75, 3.05) is 34.6 Å². The smallest absolute Gasteiger partial charge is 0.264 e. The highest BCUT2D eigenvalue weighted by atomic mass is 32.2. The molecule has 1 atom stereocenters. The number of sulfonamides is 1. The molecule has 0 radical (unpaired) electrons. The van der Waals surface area contributed by atoms with E-state index in [4.69, 9.17) is 12.2 Å². The largest absolute Gasteiger partial charge is 0.368 e. The monoisotopic (exact) mass is 482 g/mol. The summed E-state index contributed by atoms with van der Waals surface area (Å²) >= 11 is 5.65. The molecule has 1 aliphatic rings. The molecule has 2 N–H and O–H groups in total. The van der Waals surface area contributed by atoms with E-state index in [1.165, 1.54) is 35.8 Å². The van der Waals surface area contributed by atoms with E-state index in [0.29, 0.717) is 5.11 Å². The first-order valence-electron chi connectivity index (χ1n) is 10.6. The van der Waals surface area contributed by atoms with Crippen LogP contribution in [0.1, 0.15) is 12.5 Å². The lowest BCUT2D eigenvalue weighted by Crippen LogP contribution is -2.55. The molecule has 2 aromatic carbocycles. The number of thiocarbonyl (C=S) groups is 1. The average molecular weight is 483 g/mol. The van der Waals surface area contributed by atoms with Gasteiger partial charge in [0.1, 0.15) is 0 Å². The molecule has 8 nitrogen and oxygen atoms in total. The number of anilines is 3. The highest BCUT2D eigenvalue weighted by Gasteiger charge is 2.26. The van der Waals surface area contributed by atoms with Crippen molar-refractivity contribution in [2.24, 2.45) is 0 Å². The number of nitrogens with zero attached hydrogens (tertiary/aromatic N) is 4. The maximum atomic E-state index is 12.5. The zero-order valence-corrected chi connectivity index (χ0v) is 20.1. The van der Waals surface area contributed by atoms with Crippen molar-refractivity contribution >= 4 is 44.7 Å². The highest BCUT2D eigenvalue weighted by molar-refractivity contribution is 7.92. The van der Waals surface area contributed by atoms with Gasteiger partial charge in [-0.2, -0.15) is 0 Å². The maximum Gasteiger partial charge on any atom is 0.264 e. The molecule has 10 heteroatoms. The van der Waals surface area contributed by atoms with Crippen molar-refractivity contribution in [2.45, 2.75) is 24.8 Å². The summed E-state index contributed by atoms with van der Waals surface area (Å²) in [6.45, 7) is 6.80. The van der Waals surface area contributed by atoms with Gasteiger partial charge >= 0.3 is 0 Å². The zero-order valence-electron chi connectivity index (χ0n) is 18.5. The molecule has 1 aliphatic heterocycles. The van der Waals surface area contributed by atoms with Gasteiger partial charge in [-0.05, 0) is 74.1 Å². The fourth-order valence-corrected chi connectivity index (χ4v) is 5.11. The summed E-state index contributed by atoms with van der Waals surface area (Å²) in [5.74, 6) is 0.0275. The molecule has 0 amide bonds. The minimum absolute atomic E-state index is 0.0275. The molecule has 1 fully saturated rings. The Kier molecular flexibility index (Phi) is 6.75. The number of aromatic nitrogens is 2.